The second-order valence-corrected chi connectivity index (χ2v) is 7.00. The van der Waals surface area contributed by atoms with E-state index in [1.165, 1.54) is 4.68 Å². The molecule has 1 aromatic carbocycles. The van der Waals surface area contributed by atoms with Crippen molar-refractivity contribution in [2.75, 3.05) is 6.54 Å². The standard InChI is InChI=1S/C20H18F3N5O2/c21-20(22,23)15-5-3-13(4-6-15)18(29)25-10-11-27-19(30)28(16-7-8-16)17(26-27)14-2-1-9-24-12-14/h1-6,9,12,16H,7-8,10-11H2,(H,25,29). The molecule has 7 nitrogen and oxygen atoms in total. The average molecular weight is 417 g/mol. The van der Waals surface area contributed by atoms with Gasteiger partial charge in [-0.1, -0.05) is 0 Å². The van der Waals surface area contributed by atoms with Gasteiger partial charge in [0.1, 0.15) is 0 Å². The largest absolute Gasteiger partial charge is 0.416 e. The molecule has 2 aromatic heterocycles. The van der Waals surface area contributed by atoms with Crippen molar-refractivity contribution in [3.8, 4) is 11.4 Å². The molecule has 0 bridgehead atoms. The normalized spacial score (nSPS) is 14.0. The fourth-order valence-corrected chi connectivity index (χ4v) is 3.11. The number of halogens is 3. The summed E-state index contributed by atoms with van der Waals surface area (Å²) in [5.41, 5.74) is -0.247. The van der Waals surface area contributed by atoms with E-state index in [0.29, 0.717) is 5.82 Å². The van der Waals surface area contributed by atoms with Crippen molar-refractivity contribution in [2.45, 2.75) is 31.6 Å². The highest BCUT2D eigenvalue weighted by Gasteiger charge is 2.31. The van der Waals surface area contributed by atoms with E-state index in [1.54, 1.807) is 23.0 Å². The van der Waals surface area contributed by atoms with Gasteiger partial charge in [-0.05, 0) is 49.2 Å². The number of nitrogens with zero attached hydrogens (tertiary/aromatic N) is 4. The number of amides is 1. The lowest BCUT2D eigenvalue weighted by Crippen LogP contribution is -2.32. The molecule has 0 spiro atoms. The van der Waals surface area contributed by atoms with Crippen LogP contribution in [-0.2, 0) is 12.7 Å². The Labute approximate surface area is 169 Å². The molecule has 2 heterocycles. The second-order valence-electron chi connectivity index (χ2n) is 7.00. The lowest BCUT2D eigenvalue weighted by molar-refractivity contribution is -0.137. The molecule has 0 aliphatic heterocycles. The Kier molecular flexibility index (Phi) is 5.15. The molecule has 0 radical (unpaired) electrons. The number of aromatic nitrogens is 4. The summed E-state index contributed by atoms with van der Waals surface area (Å²) in [6.07, 6.45) is 0.629. The van der Waals surface area contributed by atoms with Crippen LogP contribution >= 0.6 is 0 Å². The molecule has 0 atom stereocenters. The molecule has 4 rings (SSSR count). The van der Waals surface area contributed by atoms with Crippen LogP contribution in [0.25, 0.3) is 11.4 Å². The van der Waals surface area contributed by atoms with Crippen LogP contribution < -0.4 is 11.0 Å². The first-order chi connectivity index (χ1) is 14.3. The molecule has 0 unspecified atom stereocenters. The maximum atomic E-state index is 12.7. The number of carbonyl (C=O) groups is 1. The Hall–Kier alpha value is -3.43. The predicted octanol–water partition coefficient (Wildman–Crippen LogP) is 2.89. The van der Waals surface area contributed by atoms with Crippen molar-refractivity contribution >= 4 is 5.91 Å². The van der Waals surface area contributed by atoms with Crippen molar-refractivity contribution in [1.82, 2.24) is 24.6 Å². The molecule has 3 aromatic rings. The van der Waals surface area contributed by atoms with E-state index in [4.69, 9.17) is 0 Å². The summed E-state index contributed by atoms with van der Waals surface area (Å²) in [6, 6.07) is 7.65. The molecule has 1 aliphatic carbocycles. The third kappa shape index (κ3) is 4.12. The summed E-state index contributed by atoms with van der Waals surface area (Å²) < 4.78 is 40.8. The van der Waals surface area contributed by atoms with E-state index in [0.717, 1.165) is 42.7 Å². The third-order valence-electron chi connectivity index (χ3n) is 4.79. The van der Waals surface area contributed by atoms with Crippen molar-refractivity contribution in [3.63, 3.8) is 0 Å². The lowest BCUT2D eigenvalue weighted by Gasteiger charge is -2.08. The predicted molar refractivity (Wildman–Crippen MR) is 102 cm³/mol. The van der Waals surface area contributed by atoms with Gasteiger partial charge in [0, 0.05) is 36.1 Å². The van der Waals surface area contributed by atoms with Gasteiger partial charge in [0.2, 0.25) is 0 Å². The molecule has 30 heavy (non-hydrogen) atoms. The van der Waals surface area contributed by atoms with E-state index in [-0.39, 0.29) is 30.4 Å². The molecule has 1 amide bonds. The summed E-state index contributed by atoms with van der Waals surface area (Å²) in [7, 11) is 0. The van der Waals surface area contributed by atoms with E-state index in [2.05, 4.69) is 15.4 Å². The minimum absolute atomic E-state index is 0.105. The monoisotopic (exact) mass is 417 g/mol. The van der Waals surface area contributed by atoms with Gasteiger partial charge < -0.3 is 5.32 Å². The summed E-state index contributed by atoms with van der Waals surface area (Å²) in [5.74, 6) is 0.00977. The minimum Gasteiger partial charge on any atom is -0.350 e. The molecular weight excluding hydrogens is 399 g/mol. The first kappa shape index (κ1) is 19.9. The topological polar surface area (TPSA) is 81.8 Å². The number of hydrogen-bond acceptors (Lipinski definition) is 4. The Bertz CT molecular complexity index is 1100. The maximum Gasteiger partial charge on any atom is 0.416 e. The molecule has 1 saturated carbocycles. The highest BCUT2D eigenvalue weighted by Crippen LogP contribution is 2.36. The second kappa shape index (κ2) is 7.77. The van der Waals surface area contributed by atoms with Gasteiger partial charge in [-0.25, -0.2) is 9.48 Å². The van der Waals surface area contributed by atoms with Crippen molar-refractivity contribution in [3.05, 3.63) is 70.4 Å². The first-order valence-electron chi connectivity index (χ1n) is 9.40. The maximum absolute atomic E-state index is 12.7. The third-order valence-corrected chi connectivity index (χ3v) is 4.79. The van der Waals surface area contributed by atoms with Gasteiger partial charge in [0.15, 0.2) is 5.82 Å². The van der Waals surface area contributed by atoms with Crippen molar-refractivity contribution < 1.29 is 18.0 Å². The van der Waals surface area contributed by atoms with Gasteiger partial charge in [0.25, 0.3) is 5.91 Å². The molecule has 1 aliphatic rings. The van der Waals surface area contributed by atoms with Crippen LogP contribution in [-0.4, -0.2) is 31.8 Å². The summed E-state index contributed by atoms with van der Waals surface area (Å²) >= 11 is 0. The number of benzene rings is 1. The van der Waals surface area contributed by atoms with Crippen LogP contribution in [0, 0.1) is 0 Å². The van der Waals surface area contributed by atoms with Gasteiger partial charge >= 0.3 is 11.9 Å². The van der Waals surface area contributed by atoms with Crippen LogP contribution in [0.4, 0.5) is 13.2 Å². The van der Waals surface area contributed by atoms with E-state index < -0.39 is 17.6 Å². The molecule has 10 heteroatoms. The smallest absolute Gasteiger partial charge is 0.350 e. The van der Waals surface area contributed by atoms with Crippen LogP contribution in [0.5, 0.6) is 0 Å². The highest BCUT2D eigenvalue weighted by molar-refractivity contribution is 5.94. The summed E-state index contributed by atoms with van der Waals surface area (Å²) in [4.78, 5) is 29.0. The van der Waals surface area contributed by atoms with Gasteiger partial charge in [-0.2, -0.15) is 13.2 Å². The van der Waals surface area contributed by atoms with E-state index in [1.807, 2.05) is 6.07 Å². The van der Waals surface area contributed by atoms with Gasteiger partial charge in [-0.3, -0.25) is 14.3 Å². The number of hydrogen-bond donors (Lipinski definition) is 1. The molecular formula is C20H18F3N5O2. The Morgan fingerprint density at radius 3 is 2.50 bits per heavy atom. The van der Waals surface area contributed by atoms with Crippen LogP contribution in [0.3, 0.4) is 0 Å². The number of rotatable bonds is 6. The molecule has 0 saturated heterocycles. The number of alkyl halides is 3. The van der Waals surface area contributed by atoms with E-state index in [9.17, 15) is 22.8 Å². The van der Waals surface area contributed by atoms with Crippen LogP contribution in [0.15, 0.2) is 53.6 Å². The molecule has 1 N–H and O–H groups in total. The van der Waals surface area contributed by atoms with Crippen LogP contribution in [0.2, 0.25) is 0 Å². The number of pyridine rings is 1. The van der Waals surface area contributed by atoms with Crippen LogP contribution in [0.1, 0.15) is 34.8 Å². The highest BCUT2D eigenvalue weighted by atomic mass is 19.4. The van der Waals surface area contributed by atoms with Crippen molar-refractivity contribution in [2.24, 2.45) is 0 Å². The lowest BCUT2D eigenvalue weighted by atomic mass is 10.1. The molecule has 1 fully saturated rings. The average Bonchev–Trinajstić information content (AvgIpc) is 3.52. The molecule has 156 valence electrons. The zero-order chi connectivity index (χ0) is 21.3. The van der Waals surface area contributed by atoms with Gasteiger partial charge in [-0.15, -0.1) is 5.10 Å². The quantitative estimate of drug-likeness (QED) is 0.669. The fraction of sp³-hybridized carbons (Fsp3) is 0.300. The number of carbonyl (C=O) groups excluding carboxylic acids is 1. The zero-order valence-electron chi connectivity index (χ0n) is 15.8. The minimum atomic E-state index is -4.46. The summed E-state index contributed by atoms with van der Waals surface area (Å²) in [5, 5.41) is 7.00. The Morgan fingerprint density at radius 1 is 1.17 bits per heavy atom. The number of nitrogens with one attached hydrogen (secondary N) is 1. The summed E-state index contributed by atoms with van der Waals surface area (Å²) in [6.45, 7) is 0.242. The van der Waals surface area contributed by atoms with Crippen molar-refractivity contribution in [1.29, 1.82) is 0 Å². The Balaban J connectivity index is 1.44. The SMILES string of the molecule is O=C(NCCn1nc(-c2cccnc2)n(C2CC2)c1=O)c1ccc(C(F)(F)F)cc1. The van der Waals surface area contributed by atoms with E-state index >= 15 is 0 Å². The van der Waals surface area contributed by atoms with Gasteiger partial charge in [0.05, 0.1) is 12.1 Å². The first-order valence-corrected chi connectivity index (χ1v) is 9.40. The fourth-order valence-electron chi connectivity index (χ4n) is 3.11. The zero-order valence-corrected chi connectivity index (χ0v) is 15.8. The Morgan fingerprint density at radius 2 is 1.90 bits per heavy atom.